The lowest BCUT2D eigenvalue weighted by molar-refractivity contribution is -0.138. The molecule has 1 aliphatic heterocycles. The Morgan fingerprint density at radius 3 is 2.32 bits per heavy atom. The summed E-state index contributed by atoms with van der Waals surface area (Å²) in [4.78, 5) is 13.7. The van der Waals surface area contributed by atoms with Crippen LogP contribution in [0.1, 0.15) is 74.6 Å². The predicted octanol–water partition coefficient (Wildman–Crippen LogP) is 4.50. The predicted molar refractivity (Wildman–Crippen MR) is 114 cm³/mol. The van der Waals surface area contributed by atoms with Gasteiger partial charge in [-0.05, 0) is 106 Å². The van der Waals surface area contributed by atoms with Crippen LogP contribution < -0.4 is 11.1 Å². The number of benzene rings is 1. The quantitative estimate of drug-likeness (QED) is 0.761. The lowest BCUT2D eigenvalue weighted by atomic mass is 9.48. The van der Waals surface area contributed by atoms with Crippen molar-refractivity contribution >= 4 is 11.5 Å². The van der Waals surface area contributed by atoms with Gasteiger partial charge in [0.25, 0.3) is 0 Å². The van der Waals surface area contributed by atoms with E-state index >= 15 is 0 Å². The molecule has 1 aromatic rings. The summed E-state index contributed by atoms with van der Waals surface area (Å²) >= 11 is 0. The van der Waals surface area contributed by atoms with Crippen molar-refractivity contribution in [3.05, 3.63) is 40.5 Å². The molecule has 4 saturated carbocycles. The number of hydrogen-bond acceptors (Lipinski definition) is 3. The van der Waals surface area contributed by atoms with E-state index in [1.54, 1.807) is 0 Å². The van der Waals surface area contributed by atoms with Crippen LogP contribution in [0.2, 0.25) is 0 Å². The maximum atomic E-state index is 13.7. The molecule has 0 saturated heterocycles. The number of nitrogens with two attached hydrogens (primary N) is 1. The molecule has 0 radical (unpaired) electrons. The van der Waals surface area contributed by atoms with Crippen LogP contribution in [-0.2, 0) is 17.8 Å². The molecule has 0 atom stereocenters. The van der Waals surface area contributed by atoms with Gasteiger partial charge >= 0.3 is 0 Å². The van der Waals surface area contributed by atoms with Crippen molar-refractivity contribution in [3.63, 3.8) is 0 Å². The first-order chi connectivity index (χ1) is 13.3. The molecular formula is C25H34N2O. The SMILES string of the molecule is Cc1cc2c(cc1CN)C(=CC(=O)C13CC4CC(CC(C4)C1)C3)NC(C)(C)C2. The number of allylic oxidation sites excluding steroid dienone is 1. The molecule has 28 heavy (non-hydrogen) atoms. The number of aryl methyl sites for hydroxylation is 1. The maximum Gasteiger partial charge on any atom is 0.163 e. The molecular weight excluding hydrogens is 344 g/mol. The Morgan fingerprint density at radius 2 is 1.75 bits per heavy atom. The van der Waals surface area contributed by atoms with Gasteiger partial charge in [-0.3, -0.25) is 4.79 Å². The molecule has 0 aromatic heterocycles. The first-order valence-electron chi connectivity index (χ1n) is 11.1. The monoisotopic (exact) mass is 378 g/mol. The van der Waals surface area contributed by atoms with E-state index in [4.69, 9.17) is 5.73 Å². The van der Waals surface area contributed by atoms with E-state index in [0.29, 0.717) is 12.3 Å². The molecule has 5 aliphatic rings. The van der Waals surface area contributed by atoms with Crippen LogP contribution in [0.3, 0.4) is 0 Å². The smallest absolute Gasteiger partial charge is 0.163 e. The van der Waals surface area contributed by atoms with Gasteiger partial charge in [0.2, 0.25) is 0 Å². The molecule has 4 aliphatic carbocycles. The summed E-state index contributed by atoms with van der Waals surface area (Å²) in [5.74, 6) is 2.77. The Hall–Kier alpha value is -1.61. The zero-order chi connectivity index (χ0) is 19.7. The minimum atomic E-state index is -0.0768. The molecule has 150 valence electrons. The number of nitrogens with one attached hydrogen (secondary N) is 1. The first-order valence-corrected chi connectivity index (χ1v) is 11.1. The number of carbonyl (C=O) groups excluding carboxylic acids is 1. The molecule has 3 heteroatoms. The highest BCUT2D eigenvalue weighted by molar-refractivity contribution is 6.01. The highest BCUT2D eigenvalue weighted by Crippen LogP contribution is 2.60. The lowest BCUT2D eigenvalue weighted by Crippen LogP contribution is -2.50. The van der Waals surface area contributed by atoms with Gasteiger partial charge in [0.15, 0.2) is 5.78 Å². The molecule has 0 amide bonds. The molecule has 3 N–H and O–H groups in total. The van der Waals surface area contributed by atoms with Crippen LogP contribution in [0.15, 0.2) is 18.2 Å². The third kappa shape index (κ3) is 2.94. The van der Waals surface area contributed by atoms with Crippen LogP contribution in [0.4, 0.5) is 0 Å². The third-order valence-corrected chi connectivity index (χ3v) is 8.01. The van der Waals surface area contributed by atoms with Gasteiger partial charge in [-0.1, -0.05) is 6.07 Å². The van der Waals surface area contributed by atoms with Crippen molar-refractivity contribution in [2.45, 2.75) is 77.8 Å². The Labute approximate surface area is 169 Å². The number of hydrogen-bond donors (Lipinski definition) is 2. The van der Waals surface area contributed by atoms with Gasteiger partial charge in [0.05, 0.1) is 0 Å². The van der Waals surface area contributed by atoms with Crippen molar-refractivity contribution in [3.8, 4) is 0 Å². The van der Waals surface area contributed by atoms with Crippen LogP contribution >= 0.6 is 0 Å². The molecule has 6 rings (SSSR count). The fourth-order valence-electron chi connectivity index (χ4n) is 7.19. The summed E-state index contributed by atoms with van der Waals surface area (Å²) in [7, 11) is 0. The van der Waals surface area contributed by atoms with Crippen LogP contribution in [0.25, 0.3) is 5.70 Å². The fourth-order valence-corrected chi connectivity index (χ4v) is 7.19. The second-order valence-electron chi connectivity index (χ2n) is 10.9. The summed E-state index contributed by atoms with van der Waals surface area (Å²) in [6.45, 7) is 7.14. The summed E-state index contributed by atoms with van der Waals surface area (Å²) in [5, 5.41) is 3.68. The van der Waals surface area contributed by atoms with Gasteiger partial charge in [0.1, 0.15) is 0 Å². The standard InChI is InChI=1S/C25H34N2O/c1-15-4-19-13-24(2,3)27-22(21(19)8-20(15)14-26)9-23(28)25-10-16-5-17(11-25)7-18(6-16)12-25/h4,8-9,16-18,27H,5-7,10-14,26H2,1-3H3. The van der Waals surface area contributed by atoms with Crippen LogP contribution in [-0.4, -0.2) is 11.3 Å². The highest BCUT2D eigenvalue weighted by Gasteiger charge is 2.54. The van der Waals surface area contributed by atoms with Gasteiger partial charge in [0, 0.05) is 34.8 Å². The number of rotatable bonds is 3. The average Bonchev–Trinajstić information content (AvgIpc) is 2.59. The third-order valence-electron chi connectivity index (χ3n) is 8.01. The first kappa shape index (κ1) is 18.4. The van der Waals surface area contributed by atoms with E-state index in [2.05, 4.69) is 38.2 Å². The van der Waals surface area contributed by atoms with E-state index in [1.165, 1.54) is 41.5 Å². The summed E-state index contributed by atoms with van der Waals surface area (Å²) in [5.41, 5.74) is 11.8. The largest absolute Gasteiger partial charge is 0.379 e. The normalized spacial score (nSPS) is 36.3. The molecule has 1 aromatic carbocycles. The summed E-state index contributed by atoms with van der Waals surface area (Å²) < 4.78 is 0. The molecule has 3 nitrogen and oxygen atoms in total. The van der Waals surface area contributed by atoms with Crippen molar-refractivity contribution in [2.75, 3.05) is 0 Å². The zero-order valence-corrected chi connectivity index (χ0v) is 17.6. The molecule has 0 spiro atoms. The Bertz CT molecular complexity index is 828. The Kier molecular flexibility index (Phi) is 4.07. The second-order valence-corrected chi connectivity index (χ2v) is 10.9. The number of ketones is 1. The summed E-state index contributed by atoms with van der Waals surface area (Å²) in [6, 6.07) is 4.49. The lowest BCUT2D eigenvalue weighted by Gasteiger charge is -2.55. The van der Waals surface area contributed by atoms with E-state index in [0.717, 1.165) is 49.1 Å². The average molecular weight is 379 g/mol. The molecule has 4 bridgehead atoms. The fraction of sp³-hybridized carbons (Fsp3) is 0.640. The second kappa shape index (κ2) is 6.19. The van der Waals surface area contributed by atoms with Crippen LogP contribution in [0, 0.1) is 30.1 Å². The van der Waals surface area contributed by atoms with Gasteiger partial charge in [-0.25, -0.2) is 0 Å². The van der Waals surface area contributed by atoms with E-state index < -0.39 is 0 Å². The van der Waals surface area contributed by atoms with E-state index in [1.807, 2.05) is 6.08 Å². The topological polar surface area (TPSA) is 55.1 Å². The van der Waals surface area contributed by atoms with Crippen molar-refractivity contribution in [1.29, 1.82) is 0 Å². The molecule has 4 fully saturated rings. The Balaban J connectivity index is 1.54. The van der Waals surface area contributed by atoms with Crippen LogP contribution in [0.5, 0.6) is 0 Å². The molecule has 0 unspecified atom stereocenters. The minimum Gasteiger partial charge on any atom is -0.379 e. The van der Waals surface area contributed by atoms with Crippen molar-refractivity contribution < 1.29 is 4.79 Å². The van der Waals surface area contributed by atoms with Gasteiger partial charge in [-0.15, -0.1) is 0 Å². The van der Waals surface area contributed by atoms with E-state index in [9.17, 15) is 4.79 Å². The summed E-state index contributed by atoms with van der Waals surface area (Å²) in [6.07, 6.45) is 10.4. The zero-order valence-electron chi connectivity index (χ0n) is 17.6. The Morgan fingerprint density at radius 1 is 1.14 bits per heavy atom. The van der Waals surface area contributed by atoms with Gasteiger partial charge < -0.3 is 11.1 Å². The number of carbonyl (C=O) groups is 1. The number of fused-ring (bicyclic) bond motifs is 1. The van der Waals surface area contributed by atoms with Gasteiger partial charge in [-0.2, -0.15) is 0 Å². The van der Waals surface area contributed by atoms with Crippen molar-refractivity contribution in [1.82, 2.24) is 5.32 Å². The highest BCUT2D eigenvalue weighted by atomic mass is 16.1. The molecule has 1 heterocycles. The maximum absolute atomic E-state index is 13.7. The van der Waals surface area contributed by atoms with E-state index in [-0.39, 0.29) is 11.0 Å². The van der Waals surface area contributed by atoms with Crippen molar-refractivity contribution in [2.24, 2.45) is 28.9 Å². The minimum absolute atomic E-state index is 0.0444.